The predicted molar refractivity (Wildman–Crippen MR) is 129 cm³/mol. The number of carbonyl (C=O) groups excluding carboxylic acids is 1. The van der Waals surface area contributed by atoms with Crippen molar-refractivity contribution in [2.24, 2.45) is 0 Å². The minimum atomic E-state index is -4.50. The van der Waals surface area contributed by atoms with Gasteiger partial charge in [-0.2, -0.15) is 18.3 Å². The number of fused-ring (bicyclic) bond motifs is 2. The number of benzene rings is 3. The maximum absolute atomic E-state index is 14.0. The van der Waals surface area contributed by atoms with Crippen molar-refractivity contribution in [2.75, 3.05) is 5.32 Å². The topological polar surface area (TPSA) is 59.0 Å². The van der Waals surface area contributed by atoms with Crippen LogP contribution in [-0.2, 0) is 13.0 Å². The molecule has 180 valence electrons. The number of carbonyl (C=O) groups is 1. The molecule has 1 amide bonds. The van der Waals surface area contributed by atoms with E-state index >= 15 is 0 Å². The Morgan fingerprint density at radius 1 is 1.09 bits per heavy atom. The van der Waals surface area contributed by atoms with Crippen LogP contribution in [0.3, 0.4) is 0 Å². The number of nitrogens with one attached hydrogen (secondary N) is 2. The Labute approximate surface area is 201 Å². The lowest BCUT2D eigenvalue weighted by Crippen LogP contribution is -2.36. The van der Waals surface area contributed by atoms with E-state index in [9.17, 15) is 18.0 Å². The van der Waals surface area contributed by atoms with Crippen molar-refractivity contribution in [1.82, 2.24) is 15.1 Å². The summed E-state index contributed by atoms with van der Waals surface area (Å²) in [4.78, 5) is 13.1. The molecule has 0 radical (unpaired) electrons. The fourth-order valence-corrected chi connectivity index (χ4v) is 4.65. The van der Waals surface area contributed by atoms with Crippen molar-refractivity contribution in [2.45, 2.75) is 44.6 Å². The number of hydrogen-bond acceptors (Lipinski definition) is 3. The first-order chi connectivity index (χ1) is 16.8. The molecule has 2 atom stereocenters. The molecule has 5 nitrogen and oxygen atoms in total. The minimum absolute atomic E-state index is 0.0820. The van der Waals surface area contributed by atoms with Crippen LogP contribution in [0.4, 0.5) is 19.0 Å². The molecule has 2 N–H and O–H groups in total. The smallest absolute Gasteiger partial charge is 0.363 e. The van der Waals surface area contributed by atoms with E-state index in [1.54, 1.807) is 0 Å². The largest absolute Gasteiger partial charge is 0.410 e. The van der Waals surface area contributed by atoms with Crippen LogP contribution >= 0.6 is 0 Å². The number of amides is 1. The normalized spacial score (nSPS) is 17.6. The summed E-state index contributed by atoms with van der Waals surface area (Å²) >= 11 is 0. The zero-order chi connectivity index (χ0) is 24.6. The van der Waals surface area contributed by atoms with Crippen LogP contribution in [0, 0.1) is 0 Å². The van der Waals surface area contributed by atoms with E-state index in [-0.39, 0.29) is 24.3 Å². The Morgan fingerprint density at radius 2 is 1.83 bits per heavy atom. The molecule has 0 saturated heterocycles. The van der Waals surface area contributed by atoms with Crippen LogP contribution in [0.5, 0.6) is 0 Å². The van der Waals surface area contributed by atoms with Gasteiger partial charge in [-0.15, -0.1) is 0 Å². The van der Waals surface area contributed by atoms with Gasteiger partial charge < -0.3 is 10.6 Å². The van der Waals surface area contributed by atoms with E-state index in [1.807, 2.05) is 73.7 Å². The van der Waals surface area contributed by atoms with Crippen LogP contribution in [0.2, 0.25) is 0 Å². The molecule has 0 saturated carbocycles. The Hall–Kier alpha value is -3.81. The van der Waals surface area contributed by atoms with Crippen molar-refractivity contribution >= 4 is 22.5 Å². The summed E-state index contributed by atoms with van der Waals surface area (Å²) in [5, 5.41) is 12.0. The van der Waals surface area contributed by atoms with Gasteiger partial charge in [0.05, 0.1) is 12.2 Å². The Morgan fingerprint density at radius 3 is 2.57 bits per heavy atom. The number of aryl methyl sites for hydroxylation is 1. The summed E-state index contributed by atoms with van der Waals surface area (Å²) in [7, 11) is 0. The van der Waals surface area contributed by atoms with Gasteiger partial charge in [0.25, 0.3) is 5.91 Å². The summed E-state index contributed by atoms with van der Waals surface area (Å²) in [5.74, 6) is -0.395. The van der Waals surface area contributed by atoms with Gasteiger partial charge in [0, 0.05) is 13.0 Å². The number of nitrogens with zero attached hydrogens (tertiary/aromatic N) is 2. The van der Waals surface area contributed by atoms with Crippen LogP contribution in [0.25, 0.3) is 10.8 Å². The highest BCUT2D eigenvalue weighted by atomic mass is 19.4. The molecule has 5 rings (SSSR count). The maximum atomic E-state index is 14.0. The number of anilines is 1. The molecule has 0 unspecified atom stereocenters. The highest BCUT2D eigenvalue weighted by Gasteiger charge is 2.47. The van der Waals surface area contributed by atoms with Crippen molar-refractivity contribution < 1.29 is 18.0 Å². The van der Waals surface area contributed by atoms with Crippen molar-refractivity contribution in [3.63, 3.8) is 0 Å². The molecule has 0 spiro atoms. The molecule has 4 aromatic rings. The molecule has 0 aliphatic carbocycles. The van der Waals surface area contributed by atoms with Gasteiger partial charge in [0.1, 0.15) is 11.4 Å². The van der Waals surface area contributed by atoms with Crippen LogP contribution in [0.15, 0.2) is 72.9 Å². The molecular weight excluding hydrogens is 453 g/mol. The first-order valence-electron chi connectivity index (χ1n) is 11.6. The Bertz CT molecular complexity index is 1360. The fourth-order valence-electron chi connectivity index (χ4n) is 4.65. The number of rotatable bonds is 5. The van der Waals surface area contributed by atoms with Crippen LogP contribution in [0.1, 0.15) is 52.5 Å². The molecule has 1 aromatic heterocycles. The molecule has 1 aliphatic heterocycles. The third kappa shape index (κ3) is 4.48. The second-order valence-electron chi connectivity index (χ2n) is 8.76. The Balaban J connectivity index is 1.42. The predicted octanol–water partition coefficient (Wildman–Crippen LogP) is 6.19. The molecule has 0 bridgehead atoms. The van der Waals surface area contributed by atoms with E-state index in [0.29, 0.717) is 0 Å². The van der Waals surface area contributed by atoms with Gasteiger partial charge in [-0.1, -0.05) is 73.7 Å². The van der Waals surface area contributed by atoms with E-state index in [1.165, 1.54) is 6.20 Å². The van der Waals surface area contributed by atoms with Gasteiger partial charge in [-0.05, 0) is 33.9 Å². The second kappa shape index (κ2) is 9.09. The summed E-state index contributed by atoms with van der Waals surface area (Å²) < 4.78 is 42.8. The number of alkyl halides is 3. The first kappa shape index (κ1) is 23.0. The summed E-state index contributed by atoms with van der Waals surface area (Å²) in [5.41, 5.74) is 2.86. The van der Waals surface area contributed by atoms with E-state index in [4.69, 9.17) is 0 Å². The number of hydrogen-bond donors (Lipinski definition) is 2. The number of aromatic nitrogens is 2. The Kier molecular flexibility index (Phi) is 5.96. The molecule has 35 heavy (non-hydrogen) atoms. The molecular formula is C27H25F3N4O. The van der Waals surface area contributed by atoms with Crippen molar-refractivity contribution in [1.29, 1.82) is 0 Å². The molecule has 8 heteroatoms. The zero-order valence-corrected chi connectivity index (χ0v) is 19.1. The average molecular weight is 479 g/mol. The van der Waals surface area contributed by atoms with Crippen molar-refractivity contribution in [3.8, 4) is 0 Å². The van der Waals surface area contributed by atoms with Crippen LogP contribution in [-0.4, -0.2) is 21.9 Å². The SMILES string of the molecule is CCc1ccc([C@@H]2C[C@H](C(F)(F)F)n3ncc(C(=O)NCc4cccc5ccccc45)c3N2)cc1. The quantitative estimate of drug-likeness (QED) is 0.360. The molecule has 0 fully saturated rings. The number of halogens is 3. The highest BCUT2D eigenvalue weighted by Crippen LogP contribution is 2.44. The van der Waals surface area contributed by atoms with E-state index < -0.39 is 24.2 Å². The summed E-state index contributed by atoms with van der Waals surface area (Å²) in [6.45, 7) is 2.27. The monoisotopic (exact) mass is 478 g/mol. The lowest BCUT2D eigenvalue weighted by atomic mass is 9.95. The van der Waals surface area contributed by atoms with E-state index in [2.05, 4.69) is 15.7 Å². The second-order valence-corrected chi connectivity index (χ2v) is 8.76. The van der Waals surface area contributed by atoms with E-state index in [0.717, 1.165) is 38.6 Å². The third-order valence-corrected chi connectivity index (χ3v) is 6.59. The lowest BCUT2D eigenvalue weighted by molar-refractivity contribution is -0.173. The molecule has 1 aliphatic rings. The minimum Gasteiger partial charge on any atom is -0.363 e. The standard InChI is InChI=1S/C27H25F3N4O/c1-2-17-10-12-19(13-11-17)23-14-24(27(28,29)30)34-25(33-23)22(16-32-34)26(35)31-15-20-8-5-7-18-6-3-4-9-21(18)20/h3-13,16,23-24,33H,2,14-15H2,1H3,(H,31,35)/t23-,24+/m0/s1. The van der Waals surface area contributed by atoms with Gasteiger partial charge >= 0.3 is 6.18 Å². The van der Waals surface area contributed by atoms with Crippen molar-refractivity contribution in [3.05, 3.63) is 95.2 Å². The van der Waals surface area contributed by atoms with Gasteiger partial charge in [-0.3, -0.25) is 4.79 Å². The first-order valence-corrected chi connectivity index (χ1v) is 11.6. The van der Waals surface area contributed by atoms with Gasteiger partial charge in [-0.25, -0.2) is 4.68 Å². The maximum Gasteiger partial charge on any atom is 0.410 e. The molecule has 3 aromatic carbocycles. The summed E-state index contributed by atoms with van der Waals surface area (Å²) in [6, 6.07) is 18.8. The van der Waals surface area contributed by atoms with Crippen LogP contribution < -0.4 is 10.6 Å². The lowest BCUT2D eigenvalue weighted by Gasteiger charge is -2.34. The highest BCUT2D eigenvalue weighted by molar-refractivity contribution is 5.99. The third-order valence-electron chi connectivity index (χ3n) is 6.59. The fraction of sp³-hybridized carbons (Fsp3) is 0.259. The van der Waals surface area contributed by atoms with Gasteiger partial charge in [0.15, 0.2) is 6.04 Å². The zero-order valence-electron chi connectivity index (χ0n) is 19.1. The molecule has 2 heterocycles. The average Bonchev–Trinajstić information content (AvgIpc) is 3.30. The summed E-state index contributed by atoms with van der Waals surface area (Å²) in [6.07, 6.45) is -2.65. The van der Waals surface area contributed by atoms with Gasteiger partial charge in [0.2, 0.25) is 0 Å².